The van der Waals surface area contributed by atoms with Crippen molar-refractivity contribution in [2.75, 3.05) is 13.1 Å². The SMILES string of the molecule is Cc1ccc(C)c(C(=O)N2CC(n3cc(CO)nn3)C2)c1. The number of likely N-dealkylation sites (tertiary alicyclic amines) is 1. The molecule has 1 aliphatic heterocycles. The molecule has 1 saturated heterocycles. The number of aromatic nitrogens is 3. The second kappa shape index (κ2) is 5.29. The molecule has 0 aliphatic carbocycles. The van der Waals surface area contributed by atoms with E-state index in [2.05, 4.69) is 10.3 Å². The Morgan fingerprint density at radius 1 is 1.38 bits per heavy atom. The zero-order chi connectivity index (χ0) is 15.0. The maximum Gasteiger partial charge on any atom is 0.254 e. The van der Waals surface area contributed by atoms with Crippen LogP contribution in [-0.4, -0.2) is 44.0 Å². The Bertz CT molecular complexity index is 674. The minimum absolute atomic E-state index is 0.0648. The summed E-state index contributed by atoms with van der Waals surface area (Å²) in [6, 6.07) is 6.07. The van der Waals surface area contributed by atoms with Crippen molar-refractivity contribution in [2.45, 2.75) is 26.5 Å². The molecular formula is C15H18N4O2. The number of carbonyl (C=O) groups is 1. The summed E-state index contributed by atoms with van der Waals surface area (Å²) < 4.78 is 1.72. The van der Waals surface area contributed by atoms with Gasteiger partial charge in [-0.3, -0.25) is 4.79 Å². The number of rotatable bonds is 3. The van der Waals surface area contributed by atoms with Gasteiger partial charge < -0.3 is 10.0 Å². The zero-order valence-corrected chi connectivity index (χ0v) is 12.2. The Hall–Kier alpha value is -2.21. The van der Waals surface area contributed by atoms with Crippen LogP contribution in [0.25, 0.3) is 0 Å². The minimum Gasteiger partial charge on any atom is -0.390 e. The van der Waals surface area contributed by atoms with E-state index in [1.165, 1.54) is 0 Å². The van der Waals surface area contributed by atoms with Crippen molar-refractivity contribution >= 4 is 5.91 Å². The van der Waals surface area contributed by atoms with E-state index in [-0.39, 0.29) is 18.6 Å². The fourth-order valence-corrected chi connectivity index (χ4v) is 2.49. The summed E-state index contributed by atoms with van der Waals surface area (Å²) in [7, 11) is 0. The summed E-state index contributed by atoms with van der Waals surface area (Å²) in [6.45, 7) is 5.08. The molecule has 21 heavy (non-hydrogen) atoms. The molecular weight excluding hydrogens is 268 g/mol. The standard InChI is InChI=1S/C15H18N4O2/c1-10-3-4-11(2)14(5-10)15(21)18-7-13(8-18)19-6-12(9-20)16-17-19/h3-6,13,20H,7-9H2,1-2H3. The van der Waals surface area contributed by atoms with Gasteiger partial charge in [0.2, 0.25) is 0 Å². The molecule has 3 rings (SSSR count). The van der Waals surface area contributed by atoms with Crippen LogP contribution >= 0.6 is 0 Å². The van der Waals surface area contributed by atoms with E-state index >= 15 is 0 Å². The first-order valence-corrected chi connectivity index (χ1v) is 6.96. The van der Waals surface area contributed by atoms with Gasteiger partial charge in [0.05, 0.1) is 18.8 Å². The van der Waals surface area contributed by atoms with Gasteiger partial charge in [-0.15, -0.1) is 5.10 Å². The number of carbonyl (C=O) groups excluding carboxylic acids is 1. The number of aliphatic hydroxyl groups excluding tert-OH is 1. The summed E-state index contributed by atoms with van der Waals surface area (Å²) in [5.74, 6) is 0.0648. The third-order valence-electron chi connectivity index (χ3n) is 3.87. The summed E-state index contributed by atoms with van der Waals surface area (Å²) in [5, 5.41) is 16.8. The second-order valence-corrected chi connectivity index (χ2v) is 5.53. The third-order valence-corrected chi connectivity index (χ3v) is 3.87. The number of benzene rings is 1. The lowest BCUT2D eigenvalue weighted by Crippen LogP contribution is -2.51. The van der Waals surface area contributed by atoms with Crippen LogP contribution in [-0.2, 0) is 6.61 Å². The topological polar surface area (TPSA) is 71.2 Å². The van der Waals surface area contributed by atoms with Gasteiger partial charge in [0.25, 0.3) is 5.91 Å². The van der Waals surface area contributed by atoms with E-state index in [1.807, 2.05) is 36.9 Å². The maximum absolute atomic E-state index is 12.5. The van der Waals surface area contributed by atoms with Gasteiger partial charge in [0, 0.05) is 18.7 Å². The Labute approximate surface area is 123 Å². The molecule has 2 heterocycles. The van der Waals surface area contributed by atoms with Crippen molar-refractivity contribution in [3.8, 4) is 0 Å². The number of hydrogen-bond donors (Lipinski definition) is 1. The average Bonchev–Trinajstić information content (AvgIpc) is 2.88. The summed E-state index contributed by atoms with van der Waals surface area (Å²) in [6.07, 6.45) is 1.73. The molecule has 0 bridgehead atoms. The molecule has 6 heteroatoms. The van der Waals surface area contributed by atoms with Crippen LogP contribution in [0.3, 0.4) is 0 Å². The highest BCUT2D eigenvalue weighted by atomic mass is 16.3. The quantitative estimate of drug-likeness (QED) is 0.916. The van der Waals surface area contributed by atoms with E-state index in [9.17, 15) is 4.79 Å². The molecule has 1 fully saturated rings. The number of amides is 1. The smallest absolute Gasteiger partial charge is 0.254 e. The van der Waals surface area contributed by atoms with Gasteiger partial charge in [-0.25, -0.2) is 4.68 Å². The zero-order valence-electron chi connectivity index (χ0n) is 12.2. The lowest BCUT2D eigenvalue weighted by molar-refractivity contribution is 0.0497. The Morgan fingerprint density at radius 2 is 2.14 bits per heavy atom. The molecule has 0 atom stereocenters. The van der Waals surface area contributed by atoms with Crippen molar-refractivity contribution < 1.29 is 9.90 Å². The van der Waals surface area contributed by atoms with Crippen molar-refractivity contribution in [1.29, 1.82) is 0 Å². The number of aryl methyl sites for hydroxylation is 2. The first kappa shape index (κ1) is 13.8. The predicted molar refractivity (Wildman–Crippen MR) is 76.8 cm³/mol. The molecule has 1 aliphatic rings. The number of hydrogen-bond acceptors (Lipinski definition) is 4. The molecule has 1 amide bonds. The fraction of sp³-hybridized carbons (Fsp3) is 0.400. The Kier molecular flexibility index (Phi) is 3.47. The van der Waals surface area contributed by atoms with Crippen molar-refractivity contribution in [2.24, 2.45) is 0 Å². The second-order valence-electron chi connectivity index (χ2n) is 5.53. The molecule has 0 saturated carbocycles. The first-order chi connectivity index (χ1) is 10.1. The van der Waals surface area contributed by atoms with E-state index in [0.29, 0.717) is 18.8 Å². The molecule has 0 spiro atoms. The average molecular weight is 286 g/mol. The Balaban J connectivity index is 1.68. The van der Waals surface area contributed by atoms with Gasteiger partial charge in [0.1, 0.15) is 5.69 Å². The normalized spacial score (nSPS) is 15.1. The number of nitrogens with zero attached hydrogens (tertiary/aromatic N) is 4. The van der Waals surface area contributed by atoms with Gasteiger partial charge in [-0.05, 0) is 25.5 Å². The van der Waals surface area contributed by atoms with Gasteiger partial charge in [-0.1, -0.05) is 22.9 Å². The summed E-state index contributed by atoms with van der Waals surface area (Å²) in [4.78, 5) is 14.3. The lowest BCUT2D eigenvalue weighted by atomic mass is 10.0. The van der Waals surface area contributed by atoms with Crippen molar-refractivity contribution in [1.82, 2.24) is 19.9 Å². The van der Waals surface area contributed by atoms with Gasteiger partial charge in [0.15, 0.2) is 0 Å². The summed E-state index contributed by atoms with van der Waals surface area (Å²) >= 11 is 0. The highest BCUT2D eigenvalue weighted by molar-refractivity contribution is 5.96. The highest BCUT2D eigenvalue weighted by Crippen LogP contribution is 2.24. The maximum atomic E-state index is 12.5. The summed E-state index contributed by atoms with van der Waals surface area (Å²) in [5.41, 5.74) is 3.40. The highest BCUT2D eigenvalue weighted by Gasteiger charge is 2.33. The monoisotopic (exact) mass is 286 g/mol. The molecule has 110 valence electrons. The third kappa shape index (κ3) is 2.54. The van der Waals surface area contributed by atoms with Gasteiger partial charge >= 0.3 is 0 Å². The van der Waals surface area contributed by atoms with Crippen LogP contribution in [0.5, 0.6) is 0 Å². The number of aliphatic hydroxyl groups is 1. The molecule has 2 aromatic rings. The molecule has 1 aromatic carbocycles. The first-order valence-electron chi connectivity index (χ1n) is 6.96. The van der Waals surface area contributed by atoms with Crippen LogP contribution in [0, 0.1) is 13.8 Å². The van der Waals surface area contributed by atoms with Crippen LogP contribution in [0.1, 0.15) is 33.2 Å². The van der Waals surface area contributed by atoms with Crippen molar-refractivity contribution in [3.63, 3.8) is 0 Å². The molecule has 0 radical (unpaired) electrons. The van der Waals surface area contributed by atoms with Crippen LogP contribution in [0.15, 0.2) is 24.4 Å². The predicted octanol–water partition coefficient (Wildman–Crippen LogP) is 1.08. The van der Waals surface area contributed by atoms with E-state index in [4.69, 9.17) is 5.11 Å². The van der Waals surface area contributed by atoms with E-state index < -0.39 is 0 Å². The van der Waals surface area contributed by atoms with Crippen LogP contribution < -0.4 is 0 Å². The molecule has 0 unspecified atom stereocenters. The largest absolute Gasteiger partial charge is 0.390 e. The minimum atomic E-state index is -0.113. The fourth-order valence-electron chi connectivity index (χ4n) is 2.49. The molecule has 1 N–H and O–H groups in total. The Morgan fingerprint density at radius 3 is 2.81 bits per heavy atom. The van der Waals surface area contributed by atoms with Crippen molar-refractivity contribution in [3.05, 3.63) is 46.8 Å². The molecule has 1 aromatic heterocycles. The van der Waals surface area contributed by atoms with E-state index in [1.54, 1.807) is 10.9 Å². The van der Waals surface area contributed by atoms with Crippen LogP contribution in [0.2, 0.25) is 0 Å². The lowest BCUT2D eigenvalue weighted by Gasteiger charge is -2.39. The van der Waals surface area contributed by atoms with E-state index in [0.717, 1.165) is 16.7 Å². The van der Waals surface area contributed by atoms with Gasteiger partial charge in [-0.2, -0.15) is 0 Å². The van der Waals surface area contributed by atoms with Crippen LogP contribution in [0.4, 0.5) is 0 Å². The molecule has 6 nitrogen and oxygen atoms in total.